The summed E-state index contributed by atoms with van der Waals surface area (Å²) in [4.78, 5) is 1.22. The molecule has 20 heavy (non-hydrogen) atoms. The topological polar surface area (TPSA) is 39.1 Å². The first-order chi connectivity index (χ1) is 9.62. The zero-order valence-electron chi connectivity index (χ0n) is 12.2. The van der Waals surface area contributed by atoms with Crippen LogP contribution in [0.3, 0.4) is 0 Å². The fourth-order valence-corrected chi connectivity index (χ4v) is 4.04. The summed E-state index contributed by atoms with van der Waals surface area (Å²) in [6.07, 6.45) is 1.80. The van der Waals surface area contributed by atoms with Crippen LogP contribution in [0, 0.1) is 0 Å². The van der Waals surface area contributed by atoms with Crippen LogP contribution >= 0.6 is 27.3 Å². The van der Waals surface area contributed by atoms with Gasteiger partial charge in [-0.05, 0) is 40.8 Å². The van der Waals surface area contributed by atoms with Crippen molar-refractivity contribution in [2.75, 3.05) is 14.2 Å². The Labute approximate surface area is 132 Å². The molecule has 2 aromatic rings. The van der Waals surface area contributed by atoms with Crippen LogP contribution in [-0.2, 0) is 19.9 Å². The van der Waals surface area contributed by atoms with Gasteiger partial charge in [-0.1, -0.05) is 6.92 Å². The zero-order valence-corrected chi connectivity index (χ0v) is 14.6. The highest BCUT2D eigenvalue weighted by Crippen LogP contribution is 2.34. The quantitative estimate of drug-likeness (QED) is 0.861. The highest BCUT2D eigenvalue weighted by molar-refractivity contribution is 9.10. The number of likely N-dealkylation sites (N-methyl/N-ethyl adjacent to an activating group) is 1. The molecule has 0 saturated carbocycles. The van der Waals surface area contributed by atoms with E-state index < -0.39 is 0 Å². The van der Waals surface area contributed by atoms with Gasteiger partial charge in [0.1, 0.15) is 5.75 Å². The highest BCUT2D eigenvalue weighted by Gasteiger charge is 2.21. The van der Waals surface area contributed by atoms with Crippen LogP contribution in [-0.4, -0.2) is 23.9 Å². The minimum atomic E-state index is 0.223. The lowest BCUT2D eigenvalue weighted by molar-refractivity contribution is 0.404. The number of thiophene rings is 1. The maximum Gasteiger partial charge on any atom is 0.134 e. The summed E-state index contributed by atoms with van der Waals surface area (Å²) in [6, 6.07) is 2.24. The summed E-state index contributed by atoms with van der Waals surface area (Å²) in [5, 5.41) is 10.00. The molecule has 1 N–H and O–H groups in total. The molecule has 0 aliphatic heterocycles. The Balaban J connectivity index is 2.29. The lowest BCUT2D eigenvalue weighted by Gasteiger charge is -2.16. The normalized spacial score (nSPS) is 12.7. The van der Waals surface area contributed by atoms with Crippen molar-refractivity contribution < 1.29 is 4.74 Å². The first kappa shape index (κ1) is 15.5. The first-order valence-corrected chi connectivity index (χ1v) is 8.28. The molecular formula is C14H20BrN3OS. The number of aryl methyl sites for hydroxylation is 2. The van der Waals surface area contributed by atoms with E-state index in [1.165, 1.54) is 10.6 Å². The summed E-state index contributed by atoms with van der Waals surface area (Å²) in [5.41, 5.74) is 2.31. The van der Waals surface area contributed by atoms with E-state index in [1.807, 2.05) is 24.8 Å². The van der Waals surface area contributed by atoms with E-state index in [9.17, 15) is 0 Å². The van der Waals surface area contributed by atoms with Crippen LogP contribution in [0.2, 0.25) is 0 Å². The fourth-order valence-electron chi connectivity index (χ4n) is 2.29. The Kier molecular flexibility index (Phi) is 5.23. The molecule has 0 bridgehead atoms. The van der Waals surface area contributed by atoms with Crippen LogP contribution in [0.1, 0.15) is 29.2 Å². The number of rotatable bonds is 6. The van der Waals surface area contributed by atoms with Gasteiger partial charge in [-0.3, -0.25) is 4.68 Å². The van der Waals surface area contributed by atoms with Gasteiger partial charge in [0.2, 0.25) is 0 Å². The number of aromatic nitrogens is 2. The molecule has 110 valence electrons. The third-order valence-corrected chi connectivity index (χ3v) is 5.37. The van der Waals surface area contributed by atoms with Crippen LogP contribution in [0.25, 0.3) is 0 Å². The number of ether oxygens (including phenoxy) is 1. The number of methoxy groups -OCH3 is 1. The van der Waals surface area contributed by atoms with E-state index in [4.69, 9.17) is 4.74 Å². The fraction of sp³-hybridized carbons (Fsp3) is 0.500. The molecule has 0 amide bonds. The van der Waals surface area contributed by atoms with Crippen LogP contribution in [0.15, 0.2) is 15.9 Å². The minimum Gasteiger partial charge on any atom is -0.496 e. The summed E-state index contributed by atoms with van der Waals surface area (Å²) in [7, 11) is 5.69. The van der Waals surface area contributed by atoms with Gasteiger partial charge < -0.3 is 10.1 Å². The molecule has 2 heterocycles. The maximum atomic E-state index is 5.43. The number of nitrogens with one attached hydrogen (secondary N) is 1. The molecule has 0 aromatic carbocycles. The first-order valence-electron chi connectivity index (χ1n) is 6.61. The van der Waals surface area contributed by atoms with Crippen molar-refractivity contribution in [3.05, 3.63) is 32.2 Å². The predicted molar refractivity (Wildman–Crippen MR) is 86.7 cm³/mol. The predicted octanol–water partition coefficient (Wildman–Crippen LogP) is 3.32. The number of nitrogens with zero attached hydrogens (tertiary/aromatic N) is 2. The Morgan fingerprint density at radius 2 is 2.30 bits per heavy atom. The van der Waals surface area contributed by atoms with Gasteiger partial charge in [-0.15, -0.1) is 11.3 Å². The van der Waals surface area contributed by atoms with Crippen LogP contribution in [0.5, 0.6) is 5.75 Å². The Bertz CT molecular complexity index is 579. The molecule has 4 nitrogen and oxygen atoms in total. The van der Waals surface area contributed by atoms with Gasteiger partial charge in [-0.25, -0.2) is 0 Å². The van der Waals surface area contributed by atoms with Crippen molar-refractivity contribution in [3.8, 4) is 5.75 Å². The third-order valence-electron chi connectivity index (χ3n) is 3.44. The molecule has 0 aliphatic carbocycles. The van der Waals surface area contributed by atoms with Crippen LogP contribution < -0.4 is 10.1 Å². The Hall–Kier alpha value is -0.850. The standard InChI is InChI=1S/C14H20BrN3OS/c1-5-9-13(15)11(18(3)17-9)8-10(16-2)14-12(19-4)6-7-20-14/h6-7,10,16H,5,8H2,1-4H3. The number of hydrogen-bond acceptors (Lipinski definition) is 4. The minimum absolute atomic E-state index is 0.223. The number of hydrogen-bond donors (Lipinski definition) is 1. The van der Waals surface area contributed by atoms with Gasteiger partial charge >= 0.3 is 0 Å². The molecule has 1 unspecified atom stereocenters. The third kappa shape index (κ3) is 2.92. The van der Waals surface area contributed by atoms with Gasteiger partial charge in [0, 0.05) is 13.5 Å². The van der Waals surface area contributed by atoms with E-state index >= 15 is 0 Å². The average molecular weight is 358 g/mol. The molecule has 2 rings (SSSR count). The second kappa shape index (κ2) is 6.74. The second-order valence-electron chi connectivity index (χ2n) is 4.58. The molecule has 6 heteroatoms. The van der Waals surface area contributed by atoms with E-state index in [2.05, 4.69) is 38.6 Å². The van der Waals surface area contributed by atoms with Crippen LogP contribution in [0.4, 0.5) is 0 Å². The molecule has 0 spiro atoms. The lowest BCUT2D eigenvalue weighted by Crippen LogP contribution is -2.20. The van der Waals surface area contributed by atoms with Gasteiger partial charge in [-0.2, -0.15) is 5.10 Å². The van der Waals surface area contributed by atoms with E-state index in [1.54, 1.807) is 18.4 Å². The molecule has 0 saturated heterocycles. The average Bonchev–Trinajstić information content (AvgIpc) is 3.02. The highest BCUT2D eigenvalue weighted by atomic mass is 79.9. The van der Waals surface area contributed by atoms with Crippen molar-refractivity contribution in [3.63, 3.8) is 0 Å². The Morgan fingerprint density at radius 1 is 1.55 bits per heavy atom. The molecule has 0 aliphatic rings. The molecule has 1 atom stereocenters. The van der Waals surface area contributed by atoms with Gasteiger partial charge in [0.05, 0.1) is 33.9 Å². The van der Waals surface area contributed by atoms with Crippen molar-refractivity contribution in [2.24, 2.45) is 7.05 Å². The molecular weight excluding hydrogens is 338 g/mol. The van der Waals surface area contributed by atoms with E-state index in [-0.39, 0.29) is 6.04 Å². The van der Waals surface area contributed by atoms with Crippen molar-refractivity contribution in [2.45, 2.75) is 25.8 Å². The monoisotopic (exact) mass is 357 g/mol. The van der Waals surface area contributed by atoms with E-state index in [0.717, 1.165) is 28.8 Å². The largest absolute Gasteiger partial charge is 0.496 e. The number of halogens is 1. The SMILES string of the molecule is CCc1nn(C)c(CC(NC)c2sccc2OC)c1Br. The summed E-state index contributed by atoms with van der Waals surface area (Å²) < 4.78 is 8.52. The Morgan fingerprint density at radius 3 is 2.85 bits per heavy atom. The van der Waals surface area contributed by atoms with Crippen molar-refractivity contribution >= 4 is 27.3 Å². The smallest absolute Gasteiger partial charge is 0.134 e. The summed E-state index contributed by atoms with van der Waals surface area (Å²) >= 11 is 5.40. The molecule has 2 aromatic heterocycles. The molecule has 0 fully saturated rings. The lowest BCUT2D eigenvalue weighted by atomic mass is 10.1. The van der Waals surface area contributed by atoms with Crippen molar-refractivity contribution in [1.29, 1.82) is 0 Å². The van der Waals surface area contributed by atoms with E-state index in [0.29, 0.717) is 0 Å². The summed E-state index contributed by atoms with van der Waals surface area (Å²) in [5.74, 6) is 0.948. The summed E-state index contributed by atoms with van der Waals surface area (Å²) in [6.45, 7) is 2.12. The maximum absolute atomic E-state index is 5.43. The zero-order chi connectivity index (χ0) is 14.7. The second-order valence-corrected chi connectivity index (χ2v) is 6.32. The van der Waals surface area contributed by atoms with Crippen molar-refractivity contribution in [1.82, 2.24) is 15.1 Å². The molecule has 0 radical (unpaired) electrons. The van der Waals surface area contributed by atoms with Gasteiger partial charge in [0.25, 0.3) is 0 Å². The van der Waals surface area contributed by atoms with Gasteiger partial charge in [0.15, 0.2) is 0 Å².